The van der Waals surface area contributed by atoms with Gasteiger partial charge in [-0.3, -0.25) is 14.4 Å². The van der Waals surface area contributed by atoms with Gasteiger partial charge >= 0.3 is 0 Å². The van der Waals surface area contributed by atoms with Crippen LogP contribution in [0.5, 0.6) is 0 Å². The summed E-state index contributed by atoms with van der Waals surface area (Å²) in [4.78, 5) is 41.2. The van der Waals surface area contributed by atoms with Crippen molar-refractivity contribution in [3.63, 3.8) is 0 Å². The van der Waals surface area contributed by atoms with Gasteiger partial charge in [0.1, 0.15) is 11.1 Å². The van der Waals surface area contributed by atoms with E-state index in [-0.39, 0.29) is 23.0 Å². The number of carbonyl (C=O) groups is 2. The molecule has 0 spiro atoms. The van der Waals surface area contributed by atoms with Gasteiger partial charge in [0.15, 0.2) is 0 Å². The van der Waals surface area contributed by atoms with Crippen molar-refractivity contribution in [3.8, 4) is 0 Å². The molecule has 0 saturated carbocycles. The molecule has 3 aromatic rings. The molecule has 34 heavy (non-hydrogen) atoms. The van der Waals surface area contributed by atoms with E-state index in [1.165, 1.54) is 5.56 Å². The van der Waals surface area contributed by atoms with E-state index >= 15 is 0 Å². The summed E-state index contributed by atoms with van der Waals surface area (Å²) < 4.78 is 1.80. The van der Waals surface area contributed by atoms with Crippen molar-refractivity contribution in [2.24, 2.45) is 0 Å². The van der Waals surface area contributed by atoms with Gasteiger partial charge in [-0.2, -0.15) is 0 Å². The molecule has 1 aromatic heterocycles. The van der Waals surface area contributed by atoms with Crippen LogP contribution in [0.4, 0.5) is 0 Å². The molecule has 1 aliphatic heterocycles. The van der Waals surface area contributed by atoms with Crippen LogP contribution >= 0.6 is 0 Å². The Morgan fingerprint density at radius 2 is 1.65 bits per heavy atom. The number of aryl methyl sites for hydroxylation is 2. The Kier molecular flexibility index (Phi) is 7.58. The molecular weight excluding hydrogens is 426 g/mol. The van der Waals surface area contributed by atoms with Crippen molar-refractivity contribution in [1.29, 1.82) is 0 Å². The Morgan fingerprint density at radius 1 is 0.971 bits per heavy atom. The molecule has 0 radical (unpaired) electrons. The van der Waals surface area contributed by atoms with Crippen LogP contribution in [0.2, 0.25) is 0 Å². The summed E-state index contributed by atoms with van der Waals surface area (Å²) in [6, 6.07) is 20.2. The summed E-state index contributed by atoms with van der Waals surface area (Å²) in [6.07, 6.45) is 5.79. The number of nitrogens with one attached hydrogen (secondary N) is 1. The second-order valence-electron chi connectivity index (χ2n) is 8.75. The highest BCUT2D eigenvalue weighted by Crippen LogP contribution is 2.27. The maximum atomic E-state index is 13.5. The predicted octanol–water partition coefficient (Wildman–Crippen LogP) is 3.86. The van der Waals surface area contributed by atoms with Crippen LogP contribution in [0, 0.1) is 0 Å². The highest BCUT2D eigenvalue weighted by atomic mass is 16.2. The Labute approximate surface area is 200 Å². The molecule has 2 aromatic carbocycles. The minimum atomic E-state index is -0.506. The monoisotopic (exact) mass is 457 g/mol. The van der Waals surface area contributed by atoms with E-state index < -0.39 is 11.3 Å². The van der Waals surface area contributed by atoms with Crippen LogP contribution in [-0.4, -0.2) is 40.9 Å². The maximum absolute atomic E-state index is 13.5. The average molecular weight is 458 g/mol. The van der Waals surface area contributed by atoms with E-state index in [1.54, 1.807) is 28.8 Å². The molecular formula is C28H31N3O3. The summed E-state index contributed by atoms with van der Waals surface area (Å²) >= 11 is 0. The number of aromatic nitrogens is 1. The Hall–Kier alpha value is -3.67. The van der Waals surface area contributed by atoms with E-state index in [0.717, 1.165) is 24.8 Å². The van der Waals surface area contributed by atoms with Crippen LogP contribution < -0.4 is 10.7 Å². The van der Waals surface area contributed by atoms with Crippen molar-refractivity contribution in [2.75, 3.05) is 19.6 Å². The van der Waals surface area contributed by atoms with Crippen LogP contribution in [0.25, 0.3) is 0 Å². The third kappa shape index (κ3) is 5.45. The molecule has 6 heteroatoms. The molecule has 1 aliphatic rings. The predicted molar refractivity (Wildman–Crippen MR) is 133 cm³/mol. The number of rotatable bonds is 7. The molecule has 1 N–H and O–H groups in total. The molecule has 0 aliphatic carbocycles. The first-order valence-electron chi connectivity index (χ1n) is 12.0. The van der Waals surface area contributed by atoms with Crippen LogP contribution in [0.15, 0.2) is 77.9 Å². The van der Waals surface area contributed by atoms with Gasteiger partial charge in [0.2, 0.25) is 5.43 Å². The lowest BCUT2D eigenvalue weighted by Gasteiger charge is -2.33. The van der Waals surface area contributed by atoms with Crippen molar-refractivity contribution < 1.29 is 9.59 Å². The molecule has 0 bridgehead atoms. The van der Waals surface area contributed by atoms with Gasteiger partial charge in [-0.15, -0.1) is 0 Å². The summed E-state index contributed by atoms with van der Waals surface area (Å²) in [6.45, 7) is 3.95. The highest BCUT2D eigenvalue weighted by Gasteiger charge is 2.28. The normalized spacial score (nSPS) is 15.7. The summed E-state index contributed by atoms with van der Waals surface area (Å²) in [5.41, 5.74) is 1.92. The summed E-state index contributed by atoms with van der Waals surface area (Å²) in [7, 11) is 0. The van der Waals surface area contributed by atoms with E-state index in [4.69, 9.17) is 0 Å². The fourth-order valence-electron chi connectivity index (χ4n) is 4.56. The minimum Gasteiger partial charge on any atom is -0.352 e. The standard InChI is InChI=1S/C28H31N3O3/c1-2-29-27(33)24-19-30(17-15-21-10-5-3-6-11-21)20-25(26(24)32)28(34)31-16-9-14-23(18-31)22-12-7-4-8-13-22/h3-8,10-13,19-20,23H,2,9,14-18H2,1H3,(H,29,33). The lowest BCUT2D eigenvalue weighted by atomic mass is 9.90. The van der Waals surface area contributed by atoms with Crippen molar-refractivity contribution in [1.82, 2.24) is 14.8 Å². The maximum Gasteiger partial charge on any atom is 0.259 e. The zero-order valence-corrected chi connectivity index (χ0v) is 19.6. The van der Waals surface area contributed by atoms with Gasteiger partial charge in [-0.05, 0) is 37.3 Å². The van der Waals surface area contributed by atoms with E-state index in [2.05, 4.69) is 17.4 Å². The molecule has 1 saturated heterocycles. The van der Waals surface area contributed by atoms with Crippen LogP contribution in [0.3, 0.4) is 0 Å². The Morgan fingerprint density at radius 3 is 2.35 bits per heavy atom. The molecule has 1 fully saturated rings. The third-order valence-corrected chi connectivity index (χ3v) is 6.37. The topological polar surface area (TPSA) is 71.4 Å². The number of benzene rings is 2. The zero-order valence-electron chi connectivity index (χ0n) is 19.6. The fourth-order valence-corrected chi connectivity index (χ4v) is 4.56. The SMILES string of the molecule is CCNC(=O)c1cn(CCc2ccccc2)cc(C(=O)N2CCCC(c3ccccc3)C2)c1=O. The Balaban J connectivity index is 1.62. The Bertz CT molecular complexity index is 1190. The minimum absolute atomic E-state index is 0.0115. The lowest BCUT2D eigenvalue weighted by molar-refractivity contribution is 0.0705. The molecule has 1 atom stereocenters. The number of likely N-dealkylation sites (tertiary alicyclic amines) is 1. The van der Waals surface area contributed by atoms with E-state index in [9.17, 15) is 14.4 Å². The van der Waals surface area contributed by atoms with Gasteiger partial charge in [0.25, 0.3) is 11.8 Å². The number of piperidine rings is 1. The van der Waals surface area contributed by atoms with Gasteiger partial charge in [0.05, 0.1) is 0 Å². The van der Waals surface area contributed by atoms with Gasteiger partial charge in [-0.1, -0.05) is 60.7 Å². The van der Waals surface area contributed by atoms with Crippen molar-refractivity contribution in [2.45, 2.75) is 38.6 Å². The lowest BCUT2D eigenvalue weighted by Crippen LogP contribution is -2.42. The molecule has 4 rings (SSSR count). The van der Waals surface area contributed by atoms with Gasteiger partial charge in [0, 0.05) is 44.5 Å². The number of nitrogens with zero attached hydrogens (tertiary/aromatic N) is 2. The van der Waals surface area contributed by atoms with Crippen molar-refractivity contribution >= 4 is 11.8 Å². The molecule has 2 amide bonds. The average Bonchev–Trinajstić information content (AvgIpc) is 2.89. The first-order chi connectivity index (χ1) is 16.6. The summed E-state index contributed by atoms with van der Waals surface area (Å²) in [5, 5.41) is 2.70. The number of carbonyl (C=O) groups excluding carboxylic acids is 2. The molecule has 1 unspecified atom stereocenters. The highest BCUT2D eigenvalue weighted by molar-refractivity contribution is 5.99. The van der Waals surface area contributed by atoms with E-state index in [0.29, 0.717) is 26.2 Å². The first kappa shape index (κ1) is 23.5. The quantitative estimate of drug-likeness (QED) is 0.586. The largest absolute Gasteiger partial charge is 0.352 e. The van der Waals surface area contributed by atoms with Crippen molar-refractivity contribution in [3.05, 3.63) is 106 Å². The van der Waals surface area contributed by atoms with Crippen LogP contribution in [0.1, 0.15) is 57.5 Å². The number of pyridine rings is 1. The smallest absolute Gasteiger partial charge is 0.259 e. The first-order valence-corrected chi connectivity index (χ1v) is 12.0. The molecule has 2 heterocycles. The van der Waals surface area contributed by atoms with Gasteiger partial charge < -0.3 is 14.8 Å². The van der Waals surface area contributed by atoms with Gasteiger partial charge in [-0.25, -0.2) is 0 Å². The fraction of sp³-hybridized carbons (Fsp3) is 0.321. The number of amides is 2. The second kappa shape index (κ2) is 11.0. The number of hydrogen-bond donors (Lipinski definition) is 1. The second-order valence-corrected chi connectivity index (χ2v) is 8.75. The third-order valence-electron chi connectivity index (χ3n) is 6.37. The summed E-state index contributed by atoms with van der Waals surface area (Å²) in [5.74, 6) is -0.507. The van der Waals surface area contributed by atoms with E-state index in [1.807, 2.05) is 48.5 Å². The molecule has 176 valence electrons. The molecule has 6 nitrogen and oxygen atoms in total. The van der Waals surface area contributed by atoms with Crippen LogP contribution in [-0.2, 0) is 13.0 Å². The zero-order chi connectivity index (χ0) is 23.9. The number of hydrogen-bond acceptors (Lipinski definition) is 3.